The van der Waals surface area contributed by atoms with Gasteiger partial charge in [-0.2, -0.15) is 4.98 Å². The van der Waals surface area contributed by atoms with E-state index in [2.05, 4.69) is 20.0 Å². The van der Waals surface area contributed by atoms with E-state index >= 15 is 0 Å². The molecule has 26 heavy (non-hydrogen) atoms. The Labute approximate surface area is 154 Å². The van der Waals surface area contributed by atoms with Gasteiger partial charge in [-0.05, 0) is 42.8 Å². The number of fused-ring (bicyclic) bond motifs is 1. The van der Waals surface area contributed by atoms with Crippen LogP contribution in [-0.4, -0.2) is 34.2 Å². The SMILES string of the molecule is CCC(Sc1nc2ncccc2o1)C(=O)Nc1ccc(C(=O)OC)cc1. The van der Waals surface area contributed by atoms with Crippen LogP contribution in [0.25, 0.3) is 11.2 Å². The predicted octanol–water partition coefficient (Wildman–Crippen LogP) is 3.52. The van der Waals surface area contributed by atoms with Gasteiger partial charge in [0.25, 0.3) is 5.22 Å². The minimum absolute atomic E-state index is 0.168. The average molecular weight is 371 g/mol. The van der Waals surface area contributed by atoms with Gasteiger partial charge in [-0.15, -0.1) is 0 Å². The molecule has 0 aliphatic rings. The van der Waals surface area contributed by atoms with E-state index in [0.29, 0.717) is 34.1 Å². The Balaban J connectivity index is 1.67. The largest absolute Gasteiger partial charge is 0.465 e. The third kappa shape index (κ3) is 4.02. The highest BCUT2D eigenvalue weighted by atomic mass is 32.2. The van der Waals surface area contributed by atoms with E-state index < -0.39 is 5.97 Å². The molecule has 1 atom stereocenters. The highest BCUT2D eigenvalue weighted by molar-refractivity contribution is 8.00. The second-order valence-electron chi connectivity index (χ2n) is 5.38. The molecule has 3 rings (SSSR count). The summed E-state index contributed by atoms with van der Waals surface area (Å²) in [7, 11) is 1.32. The smallest absolute Gasteiger partial charge is 0.337 e. The van der Waals surface area contributed by atoms with Crippen LogP contribution in [0, 0.1) is 0 Å². The molecule has 0 aliphatic heterocycles. The number of carbonyl (C=O) groups excluding carboxylic acids is 2. The molecule has 2 heterocycles. The number of benzene rings is 1. The van der Waals surface area contributed by atoms with Crippen molar-refractivity contribution in [1.82, 2.24) is 9.97 Å². The quantitative estimate of drug-likeness (QED) is 0.523. The molecule has 1 N–H and O–H groups in total. The molecule has 8 heteroatoms. The molecule has 0 bridgehead atoms. The first-order chi connectivity index (χ1) is 12.6. The van der Waals surface area contributed by atoms with Gasteiger partial charge in [-0.3, -0.25) is 4.79 Å². The number of oxazole rings is 1. The maximum Gasteiger partial charge on any atom is 0.337 e. The molecule has 0 saturated carbocycles. The summed E-state index contributed by atoms with van der Waals surface area (Å²) in [6, 6.07) is 10.1. The number of nitrogens with zero attached hydrogens (tertiary/aromatic N) is 2. The zero-order chi connectivity index (χ0) is 18.5. The lowest BCUT2D eigenvalue weighted by molar-refractivity contribution is -0.115. The highest BCUT2D eigenvalue weighted by Crippen LogP contribution is 2.28. The molecule has 7 nitrogen and oxygen atoms in total. The predicted molar refractivity (Wildman–Crippen MR) is 98.2 cm³/mol. The second-order valence-corrected chi connectivity index (χ2v) is 6.53. The van der Waals surface area contributed by atoms with Crippen LogP contribution in [-0.2, 0) is 9.53 Å². The van der Waals surface area contributed by atoms with Crippen molar-refractivity contribution >= 4 is 40.6 Å². The van der Waals surface area contributed by atoms with Crippen molar-refractivity contribution in [3.8, 4) is 0 Å². The van der Waals surface area contributed by atoms with Gasteiger partial charge < -0.3 is 14.5 Å². The zero-order valence-corrected chi connectivity index (χ0v) is 15.1. The van der Waals surface area contributed by atoms with Crippen LogP contribution in [0.1, 0.15) is 23.7 Å². The lowest BCUT2D eigenvalue weighted by Gasteiger charge is -2.13. The Morgan fingerprint density at radius 2 is 2.04 bits per heavy atom. The van der Waals surface area contributed by atoms with E-state index in [0.717, 1.165) is 0 Å². The molecule has 1 aromatic carbocycles. The number of thioether (sulfide) groups is 1. The Kier molecular flexibility index (Phi) is 5.52. The topological polar surface area (TPSA) is 94.3 Å². The van der Waals surface area contributed by atoms with Crippen molar-refractivity contribution in [2.45, 2.75) is 23.8 Å². The summed E-state index contributed by atoms with van der Waals surface area (Å²) < 4.78 is 10.3. The number of hydrogen-bond donors (Lipinski definition) is 1. The van der Waals surface area contributed by atoms with E-state index in [1.807, 2.05) is 6.92 Å². The van der Waals surface area contributed by atoms with Gasteiger partial charge in [-0.25, -0.2) is 9.78 Å². The number of esters is 1. The summed E-state index contributed by atoms with van der Waals surface area (Å²) in [5.41, 5.74) is 2.12. The lowest BCUT2D eigenvalue weighted by atomic mass is 10.2. The van der Waals surface area contributed by atoms with Crippen molar-refractivity contribution in [1.29, 1.82) is 0 Å². The first-order valence-corrected chi connectivity index (χ1v) is 8.86. The van der Waals surface area contributed by atoms with Gasteiger partial charge in [0, 0.05) is 11.9 Å². The standard InChI is InChI=1S/C18H17N3O4S/c1-3-14(26-18-21-15-13(25-18)5-4-10-19-15)16(22)20-12-8-6-11(7-9-12)17(23)24-2/h4-10,14H,3H2,1-2H3,(H,20,22). The number of nitrogens with one attached hydrogen (secondary N) is 1. The van der Waals surface area contributed by atoms with Crippen molar-refractivity contribution < 1.29 is 18.7 Å². The molecular weight excluding hydrogens is 354 g/mol. The summed E-state index contributed by atoms with van der Waals surface area (Å²) in [6.07, 6.45) is 2.24. The second kappa shape index (κ2) is 8.01. The monoisotopic (exact) mass is 371 g/mol. The van der Waals surface area contributed by atoms with Crippen LogP contribution in [0.15, 0.2) is 52.2 Å². The fourth-order valence-corrected chi connectivity index (χ4v) is 3.13. The van der Waals surface area contributed by atoms with Crippen molar-refractivity contribution in [3.63, 3.8) is 0 Å². The van der Waals surface area contributed by atoms with Gasteiger partial charge >= 0.3 is 5.97 Å². The minimum Gasteiger partial charge on any atom is -0.465 e. The van der Waals surface area contributed by atoms with E-state index in [9.17, 15) is 9.59 Å². The van der Waals surface area contributed by atoms with Crippen molar-refractivity contribution in [2.75, 3.05) is 12.4 Å². The fraction of sp³-hybridized carbons (Fsp3) is 0.222. The Morgan fingerprint density at radius 3 is 2.69 bits per heavy atom. The minimum atomic E-state index is -0.422. The van der Waals surface area contributed by atoms with Gasteiger partial charge in [-0.1, -0.05) is 18.7 Å². The third-order valence-corrected chi connectivity index (χ3v) is 4.83. The first-order valence-electron chi connectivity index (χ1n) is 7.98. The number of carbonyl (C=O) groups is 2. The van der Waals surface area contributed by atoms with Crippen LogP contribution in [0.4, 0.5) is 5.69 Å². The maximum absolute atomic E-state index is 12.5. The van der Waals surface area contributed by atoms with Crippen LogP contribution in [0.2, 0.25) is 0 Å². The number of rotatable bonds is 6. The Bertz CT molecular complexity index is 891. The van der Waals surface area contributed by atoms with E-state index in [1.165, 1.54) is 18.9 Å². The Hall–Kier alpha value is -2.87. The molecule has 1 amide bonds. The van der Waals surface area contributed by atoms with E-state index in [-0.39, 0.29) is 11.2 Å². The summed E-state index contributed by atoms with van der Waals surface area (Å²) in [4.78, 5) is 32.4. The number of amides is 1. The molecule has 0 spiro atoms. The summed E-state index contributed by atoms with van der Waals surface area (Å²) >= 11 is 1.25. The van der Waals surface area contributed by atoms with Crippen LogP contribution in [0.3, 0.4) is 0 Å². The molecule has 0 fully saturated rings. The molecule has 2 aromatic heterocycles. The van der Waals surface area contributed by atoms with Crippen LogP contribution in [0.5, 0.6) is 0 Å². The van der Waals surface area contributed by atoms with Gasteiger partial charge in [0.15, 0.2) is 11.2 Å². The number of methoxy groups -OCH3 is 1. The summed E-state index contributed by atoms with van der Waals surface area (Å²) in [5.74, 6) is -0.590. The number of anilines is 1. The lowest BCUT2D eigenvalue weighted by Crippen LogP contribution is -2.24. The van der Waals surface area contributed by atoms with Crippen molar-refractivity contribution in [3.05, 3.63) is 48.2 Å². The molecule has 3 aromatic rings. The summed E-state index contributed by atoms with van der Waals surface area (Å²) in [5, 5.41) is 2.87. The molecule has 0 saturated heterocycles. The normalized spacial score (nSPS) is 11.9. The van der Waals surface area contributed by atoms with E-state index in [1.54, 1.807) is 42.6 Å². The summed E-state index contributed by atoms with van der Waals surface area (Å²) in [6.45, 7) is 1.92. The number of pyridine rings is 1. The molecule has 134 valence electrons. The molecular formula is C18H17N3O4S. The Morgan fingerprint density at radius 1 is 1.27 bits per heavy atom. The van der Waals surface area contributed by atoms with Crippen LogP contribution < -0.4 is 5.32 Å². The average Bonchev–Trinajstić information content (AvgIpc) is 3.08. The third-order valence-electron chi connectivity index (χ3n) is 3.63. The maximum atomic E-state index is 12.5. The first kappa shape index (κ1) is 17.9. The fourth-order valence-electron chi connectivity index (χ4n) is 2.27. The van der Waals surface area contributed by atoms with E-state index in [4.69, 9.17) is 4.42 Å². The van der Waals surface area contributed by atoms with Gasteiger partial charge in [0.05, 0.1) is 17.9 Å². The van der Waals surface area contributed by atoms with Crippen molar-refractivity contribution in [2.24, 2.45) is 0 Å². The van der Waals surface area contributed by atoms with Gasteiger partial charge in [0.2, 0.25) is 5.91 Å². The zero-order valence-electron chi connectivity index (χ0n) is 14.3. The highest BCUT2D eigenvalue weighted by Gasteiger charge is 2.21. The number of ether oxygens (including phenoxy) is 1. The number of aromatic nitrogens is 2. The molecule has 0 radical (unpaired) electrons. The molecule has 0 aliphatic carbocycles. The molecule has 1 unspecified atom stereocenters. The van der Waals surface area contributed by atoms with Gasteiger partial charge in [0.1, 0.15) is 0 Å². The number of hydrogen-bond acceptors (Lipinski definition) is 7. The van der Waals surface area contributed by atoms with Crippen LogP contribution >= 0.6 is 11.8 Å².